The van der Waals surface area contributed by atoms with Crippen molar-refractivity contribution in [3.63, 3.8) is 0 Å². The highest BCUT2D eigenvalue weighted by molar-refractivity contribution is 5.89. The van der Waals surface area contributed by atoms with Crippen LogP contribution in [-0.4, -0.2) is 33.9 Å². The number of ether oxygens (including phenoxy) is 1. The van der Waals surface area contributed by atoms with Gasteiger partial charge in [0.15, 0.2) is 0 Å². The lowest BCUT2D eigenvalue weighted by atomic mass is 9.97. The Kier molecular flexibility index (Phi) is 5.04. The topological polar surface area (TPSA) is 65.3 Å². The number of fused-ring (bicyclic) bond motifs is 1. The van der Waals surface area contributed by atoms with E-state index >= 15 is 0 Å². The Hall–Kier alpha value is -2.86. The molecule has 6 heteroatoms. The van der Waals surface area contributed by atoms with Crippen LogP contribution in [0.25, 0.3) is 11.0 Å². The van der Waals surface area contributed by atoms with Crippen LogP contribution in [0.1, 0.15) is 44.2 Å². The van der Waals surface area contributed by atoms with Crippen LogP contribution in [0.15, 0.2) is 53.3 Å². The molecule has 152 valence electrons. The number of nitrogens with zero attached hydrogens (tertiary/aromatic N) is 2. The second kappa shape index (κ2) is 7.52. The summed E-state index contributed by atoms with van der Waals surface area (Å²) in [5.41, 5.74) is 2.39. The monoisotopic (exact) mass is 393 g/mol. The van der Waals surface area contributed by atoms with Crippen molar-refractivity contribution in [3.05, 3.63) is 70.1 Å². The third kappa shape index (κ3) is 3.85. The zero-order chi connectivity index (χ0) is 20.6. The minimum absolute atomic E-state index is 0.263. The lowest BCUT2D eigenvalue weighted by Crippen LogP contribution is -2.34. The van der Waals surface area contributed by atoms with Gasteiger partial charge in [-0.25, -0.2) is 9.59 Å². The molecule has 2 heterocycles. The molecule has 1 fully saturated rings. The Labute approximate surface area is 170 Å². The summed E-state index contributed by atoms with van der Waals surface area (Å²) < 4.78 is 8.48. The molecule has 0 aliphatic carbocycles. The Morgan fingerprint density at radius 1 is 1.14 bits per heavy atom. The zero-order valence-corrected chi connectivity index (χ0v) is 17.1. The van der Waals surface area contributed by atoms with Gasteiger partial charge < -0.3 is 10.1 Å². The maximum absolute atomic E-state index is 13.4. The lowest BCUT2D eigenvalue weighted by Gasteiger charge is -2.20. The molecule has 0 saturated carbocycles. The standard InChI is InChI=1S/C23H27N3O3/c1-23(2,3)29-22(28)26-20-18(17-12-13-24-14-17)10-7-11-19(20)25(21(26)27)15-16-8-5-4-6-9-16/h4-11,17,24H,12-15H2,1-3H3. The summed E-state index contributed by atoms with van der Waals surface area (Å²) in [4.78, 5) is 26.4. The third-order valence-corrected chi connectivity index (χ3v) is 5.24. The minimum atomic E-state index is -0.686. The molecule has 2 aromatic carbocycles. The quantitative estimate of drug-likeness (QED) is 0.737. The predicted octanol–water partition coefficient (Wildman–Crippen LogP) is 3.71. The van der Waals surface area contributed by atoms with Crippen LogP contribution in [0.3, 0.4) is 0 Å². The molecule has 1 aliphatic rings. The highest BCUT2D eigenvalue weighted by Gasteiger charge is 2.28. The van der Waals surface area contributed by atoms with Crippen molar-refractivity contribution in [2.45, 2.75) is 45.3 Å². The van der Waals surface area contributed by atoms with E-state index in [9.17, 15) is 9.59 Å². The summed E-state index contributed by atoms with van der Waals surface area (Å²) in [5, 5.41) is 3.37. The number of para-hydroxylation sites is 1. The molecule has 0 spiro atoms. The van der Waals surface area contributed by atoms with Gasteiger partial charge in [0.05, 0.1) is 17.6 Å². The number of benzene rings is 2. The van der Waals surface area contributed by atoms with Crippen molar-refractivity contribution in [2.75, 3.05) is 13.1 Å². The highest BCUT2D eigenvalue weighted by Crippen LogP contribution is 2.30. The number of nitrogens with one attached hydrogen (secondary N) is 1. The van der Waals surface area contributed by atoms with Gasteiger partial charge in [-0.05, 0) is 56.8 Å². The molecule has 1 atom stereocenters. The average Bonchev–Trinajstić information content (AvgIpc) is 3.29. The first-order chi connectivity index (χ1) is 13.8. The van der Waals surface area contributed by atoms with Crippen LogP contribution in [-0.2, 0) is 11.3 Å². The molecule has 1 unspecified atom stereocenters. The van der Waals surface area contributed by atoms with E-state index < -0.39 is 11.7 Å². The molecule has 29 heavy (non-hydrogen) atoms. The summed E-state index contributed by atoms with van der Waals surface area (Å²) in [7, 11) is 0. The van der Waals surface area contributed by atoms with Crippen molar-refractivity contribution in [2.24, 2.45) is 0 Å². The smallest absolute Gasteiger partial charge is 0.423 e. The normalized spacial score (nSPS) is 17.0. The first kappa shape index (κ1) is 19.5. The van der Waals surface area contributed by atoms with Gasteiger partial charge in [0.25, 0.3) is 0 Å². The fourth-order valence-corrected chi connectivity index (χ4v) is 3.97. The Bertz CT molecular complexity index is 1080. The van der Waals surface area contributed by atoms with Gasteiger partial charge in [-0.15, -0.1) is 0 Å². The fraction of sp³-hybridized carbons (Fsp3) is 0.391. The number of hydrogen-bond donors (Lipinski definition) is 1. The van der Waals surface area contributed by atoms with E-state index in [-0.39, 0.29) is 11.6 Å². The largest absolute Gasteiger partial charge is 0.443 e. The fourth-order valence-electron chi connectivity index (χ4n) is 3.97. The molecule has 1 N–H and O–H groups in total. The Balaban J connectivity index is 1.92. The first-order valence-corrected chi connectivity index (χ1v) is 10.1. The van der Waals surface area contributed by atoms with Gasteiger partial charge in [-0.3, -0.25) is 4.57 Å². The van der Waals surface area contributed by atoms with Crippen molar-refractivity contribution < 1.29 is 9.53 Å². The number of imidazole rings is 1. The second-order valence-electron chi connectivity index (χ2n) is 8.57. The predicted molar refractivity (Wildman–Crippen MR) is 114 cm³/mol. The summed E-state index contributed by atoms with van der Waals surface area (Å²) in [6.45, 7) is 7.59. The molecular formula is C23H27N3O3. The van der Waals surface area contributed by atoms with E-state index in [1.165, 1.54) is 4.57 Å². The van der Waals surface area contributed by atoms with Crippen LogP contribution >= 0.6 is 0 Å². The van der Waals surface area contributed by atoms with E-state index in [1.54, 1.807) is 25.3 Å². The molecule has 3 aromatic rings. The number of carbonyl (C=O) groups excluding carboxylic acids is 1. The molecule has 0 bridgehead atoms. The molecule has 4 rings (SSSR count). The number of carbonyl (C=O) groups is 1. The van der Waals surface area contributed by atoms with Crippen molar-refractivity contribution >= 4 is 17.1 Å². The summed E-state index contributed by atoms with van der Waals surface area (Å²) in [6.07, 6.45) is 0.351. The summed E-state index contributed by atoms with van der Waals surface area (Å²) >= 11 is 0. The molecule has 1 aromatic heterocycles. The number of hydrogen-bond acceptors (Lipinski definition) is 4. The maximum atomic E-state index is 13.4. The maximum Gasteiger partial charge on any atom is 0.423 e. The molecular weight excluding hydrogens is 366 g/mol. The highest BCUT2D eigenvalue weighted by atomic mass is 16.6. The van der Waals surface area contributed by atoms with Gasteiger partial charge in [-0.2, -0.15) is 4.57 Å². The average molecular weight is 393 g/mol. The van der Waals surface area contributed by atoms with E-state index in [1.807, 2.05) is 48.5 Å². The summed E-state index contributed by atoms with van der Waals surface area (Å²) in [5.74, 6) is 0.263. The SMILES string of the molecule is CC(C)(C)OC(=O)n1c(=O)n(Cc2ccccc2)c2cccc(C3CCNC3)c21. The van der Waals surface area contributed by atoms with E-state index in [4.69, 9.17) is 4.74 Å². The van der Waals surface area contributed by atoms with Crippen molar-refractivity contribution in [1.82, 2.24) is 14.5 Å². The van der Waals surface area contributed by atoms with Gasteiger partial charge in [0.1, 0.15) is 5.60 Å². The van der Waals surface area contributed by atoms with Crippen LogP contribution < -0.4 is 11.0 Å². The molecule has 1 aliphatic heterocycles. The van der Waals surface area contributed by atoms with Crippen molar-refractivity contribution in [1.29, 1.82) is 0 Å². The molecule has 1 saturated heterocycles. The zero-order valence-electron chi connectivity index (χ0n) is 17.1. The second-order valence-corrected chi connectivity index (χ2v) is 8.57. The van der Waals surface area contributed by atoms with Gasteiger partial charge in [-0.1, -0.05) is 42.5 Å². The van der Waals surface area contributed by atoms with Gasteiger partial charge >= 0.3 is 11.8 Å². The van der Waals surface area contributed by atoms with Crippen molar-refractivity contribution in [3.8, 4) is 0 Å². The van der Waals surface area contributed by atoms with Gasteiger partial charge in [0.2, 0.25) is 0 Å². The minimum Gasteiger partial charge on any atom is -0.443 e. The lowest BCUT2D eigenvalue weighted by molar-refractivity contribution is 0.0537. The van der Waals surface area contributed by atoms with E-state index in [2.05, 4.69) is 5.32 Å². The van der Waals surface area contributed by atoms with Crippen LogP contribution in [0.5, 0.6) is 0 Å². The number of rotatable bonds is 3. The Morgan fingerprint density at radius 2 is 1.90 bits per heavy atom. The first-order valence-electron chi connectivity index (χ1n) is 10.1. The number of aromatic nitrogens is 2. The third-order valence-electron chi connectivity index (χ3n) is 5.24. The van der Waals surface area contributed by atoms with E-state index in [0.717, 1.165) is 36.2 Å². The van der Waals surface area contributed by atoms with Crippen LogP contribution in [0.2, 0.25) is 0 Å². The summed E-state index contributed by atoms with van der Waals surface area (Å²) in [6, 6.07) is 15.7. The Morgan fingerprint density at radius 3 is 2.55 bits per heavy atom. The van der Waals surface area contributed by atoms with Crippen LogP contribution in [0.4, 0.5) is 4.79 Å². The molecule has 6 nitrogen and oxygen atoms in total. The molecule has 0 amide bonds. The van der Waals surface area contributed by atoms with Gasteiger partial charge in [0, 0.05) is 6.54 Å². The van der Waals surface area contributed by atoms with Crippen LogP contribution in [0, 0.1) is 0 Å². The molecule has 0 radical (unpaired) electrons. The van der Waals surface area contributed by atoms with E-state index in [0.29, 0.717) is 12.1 Å².